The zero-order chi connectivity index (χ0) is 13.9. The van der Waals surface area contributed by atoms with Crippen LogP contribution in [-0.2, 0) is 6.54 Å². The lowest BCUT2D eigenvalue weighted by atomic mass is 9.97. The second-order valence-corrected chi connectivity index (χ2v) is 5.82. The van der Waals surface area contributed by atoms with E-state index in [-0.39, 0.29) is 11.4 Å². The van der Waals surface area contributed by atoms with E-state index < -0.39 is 0 Å². The fourth-order valence-electron chi connectivity index (χ4n) is 3.47. The minimum Gasteiger partial charge on any atom is -0.310 e. The van der Waals surface area contributed by atoms with Crippen molar-refractivity contribution < 1.29 is 4.39 Å². The Hall–Kier alpha value is -1.44. The molecule has 2 saturated heterocycles. The molecule has 20 heavy (non-hydrogen) atoms. The average molecular weight is 273 g/mol. The van der Waals surface area contributed by atoms with Gasteiger partial charge in [-0.1, -0.05) is 12.1 Å². The predicted molar refractivity (Wildman–Crippen MR) is 75.6 cm³/mol. The molecule has 106 valence electrons. The lowest BCUT2D eigenvalue weighted by molar-refractivity contribution is 0.166. The Bertz CT molecular complexity index is 523. The Morgan fingerprint density at radius 3 is 3.10 bits per heavy atom. The van der Waals surface area contributed by atoms with E-state index in [2.05, 4.69) is 10.2 Å². The third kappa shape index (κ3) is 2.70. The van der Waals surface area contributed by atoms with Crippen molar-refractivity contribution in [2.45, 2.75) is 44.3 Å². The van der Waals surface area contributed by atoms with E-state index in [4.69, 9.17) is 5.26 Å². The molecule has 0 bridgehead atoms. The van der Waals surface area contributed by atoms with Crippen molar-refractivity contribution in [3.8, 4) is 6.07 Å². The third-order valence-corrected chi connectivity index (χ3v) is 4.60. The van der Waals surface area contributed by atoms with Gasteiger partial charge >= 0.3 is 0 Å². The molecule has 2 atom stereocenters. The van der Waals surface area contributed by atoms with E-state index in [9.17, 15) is 4.39 Å². The molecule has 1 N–H and O–H groups in total. The number of halogens is 1. The number of hydrogen-bond donors (Lipinski definition) is 1. The largest absolute Gasteiger partial charge is 0.310 e. The number of rotatable bonds is 3. The van der Waals surface area contributed by atoms with Gasteiger partial charge in [0.15, 0.2) is 0 Å². The smallest absolute Gasteiger partial charge is 0.145 e. The monoisotopic (exact) mass is 273 g/mol. The third-order valence-electron chi connectivity index (χ3n) is 4.60. The van der Waals surface area contributed by atoms with Gasteiger partial charge < -0.3 is 10.2 Å². The predicted octanol–water partition coefficient (Wildman–Crippen LogP) is 2.41. The number of piperidine rings is 1. The van der Waals surface area contributed by atoms with E-state index in [0.29, 0.717) is 18.2 Å². The highest BCUT2D eigenvalue weighted by molar-refractivity contribution is 5.34. The first-order valence-electron chi connectivity index (χ1n) is 7.43. The number of fused-ring (bicyclic) bond motifs is 1. The Balaban J connectivity index is 1.59. The Kier molecular flexibility index (Phi) is 4.00. The van der Waals surface area contributed by atoms with Crippen LogP contribution >= 0.6 is 0 Å². The van der Waals surface area contributed by atoms with Crippen molar-refractivity contribution in [3.05, 3.63) is 35.1 Å². The summed E-state index contributed by atoms with van der Waals surface area (Å²) in [6, 6.07) is 8.11. The minimum atomic E-state index is -0.374. The second kappa shape index (κ2) is 5.90. The van der Waals surface area contributed by atoms with Gasteiger partial charge in [-0.2, -0.15) is 5.26 Å². The summed E-state index contributed by atoms with van der Waals surface area (Å²) in [7, 11) is 0. The fraction of sp³-hybridized carbons (Fsp3) is 0.562. The first-order chi connectivity index (χ1) is 9.78. The Morgan fingerprint density at radius 1 is 1.35 bits per heavy atom. The molecular weight excluding hydrogens is 253 g/mol. The number of hydrogen-bond acceptors (Lipinski definition) is 3. The molecule has 2 heterocycles. The molecular formula is C16H20FN3. The zero-order valence-electron chi connectivity index (χ0n) is 11.6. The Morgan fingerprint density at radius 2 is 2.25 bits per heavy atom. The summed E-state index contributed by atoms with van der Waals surface area (Å²) in [5, 5.41) is 12.3. The van der Waals surface area contributed by atoms with Gasteiger partial charge in [0.2, 0.25) is 0 Å². The summed E-state index contributed by atoms with van der Waals surface area (Å²) in [4.78, 5) is 2.58. The van der Waals surface area contributed by atoms with Crippen LogP contribution in [0.2, 0.25) is 0 Å². The van der Waals surface area contributed by atoms with Crippen molar-refractivity contribution in [1.82, 2.24) is 10.2 Å². The maximum atomic E-state index is 14.0. The van der Waals surface area contributed by atoms with Gasteiger partial charge in [-0.25, -0.2) is 4.39 Å². The standard InChI is InChI=1S/C16H20FN3/c17-16-12(10-18)3-1-4-13(16)11-19-14-6-8-20-7-2-5-15(20)9-14/h1,3-4,14-15,19H,2,5-9,11H2. The SMILES string of the molecule is N#Cc1cccc(CNC2CCN3CCCC3C2)c1F. The summed E-state index contributed by atoms with van der Waals surface area (Å²) in [6.07, 6.45) is 4.92. The quantitative estimate of drug-likeness (QED) is 0.919. The maximum Gasteiger partial charge on any atom is 0.145 e. The number of nitrogens with one attached hydrogen (secondary N) is 1. The van der Waals surface area contributed by atoms with Gasteiger partial charge in [0.05, 0.1) is 5.56 Å². The molecule has 0 aliphatic carbocycles. The van der Waals surface area contributed by atoms with E-state index in [1.807, 2.05) is 6.07 Å². The van der Waals surface area contributed by atoms with Crippen molar-refractivity contribution >= 4 is 0 Å². The van der Waals surface area contributed by atoms with Crippen LogP contribution < -0.4 is 5.32 Å². The van der Waals surface area contributed by atoms with Crippen LogP contribution in [0.3, 0.4) is 0 Å². The molecule has 2 aliphatic heterocycles. The zero-order valence-corrected chi connectivity index (χ0v) is 11.6. The first-order valence-corrected chi connectivity index (χ1v) is 7.43. The first kappa shape index (κ1) is 13.5. The summed E-state index contributed by atoms with van der Waals surface area (Å²) >= 11 is 0. The van der Waals surface area contributed by atoms with Crippen LogP contribution in [0.5, 0.6) is 0 Å². The normalized spacial score (nSPS) is 26.2. The van der Waals surface area contributed by atoms with Gasteiger partial charge in [0, 0.05) is 24.2 Å². The van der Waals surface area contributed by atoms with Gasteiger partial charge in [-0.05, 0) is 44.8 Å². The maximum absolute atomic E-state index is 14.0. The van der Waals surface area contributed by atoms with Crippen LogP contribution in [-0.4, -0.2) is 30.1 Å². The Labute approximate surface area is 119 Å². The van der Waals surface area contributed by atoms with Gasteiger partial charge in [-0.3, -0.25) is 0 Å². The minimum absolute atomic E-state index is 0.134. The highest BCUT2D eigenvalue weighted by Gasteiger charge is 2.31. The van der Waals surface area contributed by atoms with Crippen LogP contribution in [0.1, 0.15) is 36.8 Å². The van der Waals surface area contributed by atoms with Crippen LogP contribution in [0.15, 0.2) is 18.2 Å². The van der Waals surface area contributed by atoms with E-state index in [1.54, 1.807) is 12.1 Å². The number of benzene rings is 1. The molecule has 0 aromatic heterocycles. The van der Waals surface area contributed by atoms with E-state index >= 15 is 0 Å². The summed E-state index contributed by atoms with van der Waals surface area (Å²) < 4.78 is 14.0. The van der Waals surface area contributed by atoms with Crippen molar-refractivity contribution in [2.75, 3.05) is 13.1 Å². The molecule has 0 saturated carbocycles. The van der Waals surface area contributed by atoms with Crippen LogP contribution in [0.4, 0.5) is 4.39 Å². The molecule has 2 aliphatic rings. The topological polar surface area (TPSA) is 39.1 Å². The van der Waals surface area contributed by atoms with Gasteiger partial charge in [-0.15, -0.1) is 0 Å². The fourth-order valence-corrected chi connectivity index (χ4v) is 3.47. The second-order valence-electron chi connectivity index (χ2n) is 5.82. The number of nitriles is 1. The lowest BCUT2D eigenvalue weighted by Gasteiger charge is -2.35. The molecule has 3 rings (SSSR count). The van der Waals surface area contributed by atoms with Crippen molar-refractivity contribution in [3.63, 3.8) is 0 Å². The molecule has 0 amide bonds. The lowest BCUT2D eigenvalue weighted by Crippen LogP contribution is -2.45. The van der Waals surface area contributed by atoms with Crippen LogP contribution in [0.25, 0.3) is 0 Å². The number of nitrogens with zero attached hydrogens (tertiary/aromatic N) is 2. The summed E-state index contributed by atoms with van der Waals surface area (Å²) in [5.74, 6) is -0.374. The highest BCUT2D eigenvalue weighted by atomic mass is 19.1. The molecule has 1 aromatic rings. The molecule has 0 radical (unpaired) electrons. The summed E-state index contributed by atoms with van der Waals surface area (Å²) in [5.41, 5.74) is 0.729. The van der Waals surface area contributed by atoms with E-state index in [1.165, 1.54) is 31.9 Å². The summed E-state index contributed by atoms with van der Waals surface area (Å²) in [6.45, 7) is 2.91. The average Bonchev–Trinajstić information content (AvgIpc) is 2.93. The highest BCUT2D eigenvalue weighted by Crippen LogP contribution is 2.27. The molecule has 4 heteroatoms. The van der Waals surface area contributed by atoms with Gasteiger partial charge in [0.1, 0.15) is 11.9 Å². The molecule has 0 spiro atoms. The van der Waals surface area contributed by atoms with Crippen molar-refractivity contribution in [1.29, 1.82) is 5.26 Å². The van der Waals surface area contributed by atoms with Crippen LogP contribution in [0, 0.1) is 17.1 Å². The molecule has 3 nitrogen and oxygen atoms in total. The van der Waals surface area contributed by atoms with Crippen molar-refractivity contribution in [2.24, 2.45) is 0 Å². The van der Waals surface area contributed by atoms with E-state index in [0.717, 1.165) is 19.0 Å². The molecule has 1 aromatic carbocycles. The molecule has 2 unspecified atom stereocenters. The molecule has 2 fully saturated rings. The van der Waals surface area contributed by atoms with Gasteiger partial charge in [0.25, 0.3) is 0 Å².